The molecule has 138 valence electrons. The lowest BCUT2D eigenvalue weighted by Gasteiger charge is -2.13. The van der Waals surface area contributed by atoms with Crippen LogP contribution in [-0.2, 0) is 13.0 Å². The first-order valence-electron chi connectivity index (χ1n) is 9.08. The van der Waals surface area contributed by atoms with E-state index in [9.17, 15) is 4.79 Å². The molecule has 3 rings (SSSR count). The van der Waals surface area contributed by atoms with Crippen molar-refractivity contribution >= 4 is 17.5 Å². The number of benzene rings is 2. The second-order valence-electron chi connectivity index (χ2n) is 6.49. The van der Waals surface area contributed by atoms with Crippen molar-refractivity contribution in [2.45, 2.75) is 33.7 Å². The molecule has 0 spiro atoms. The summed E-state index contributed by atoms with van der Waals surface area (Å²) in [5.74, 6) is 0.296. The lowest BCUT2D eigenvalue weighted by atomic mass is 10.1. The van der Waals surface area contributed by atoms with Gasteiger partial charge in [-0.1, -0.05) is 49.4 Å². The topological polar surface area (TPSA) is 66.9 Å². The van der Waals surface area contributed by atoms with E-state index in [-0.39, 0.29) is 5.91 Å². The fourth-order valence-electron chi connectivity index (χ4n) is 2.91. The summed E-state index contributed by atoms with van der Waals surface area (Å²) in [5.41, 5.74) is 6.05. The van der Waals surface area contributed by atoms with E-state index in [1.54, 1.807) is 12.4 Å². The van der Waals surface area contributed by atoms with Crippen LogP contribution in [0.3, 0.4) is 0 Å². The number of anilines is 2. The summed E-state index contributed by atoms with van der Waals surface area (Å²) in [6, 6.07) is 14.2. The molecular formula is C22H24N4O. The Morgan fingerprint density at radius 3 is 2.30 bits per heavy atom. The SMILES string of the molecule is CCc1cccc(C)c1Nc1ncc(C(=O)NCc2ccccc2C)cn1. The van der Waals surface area contributed by atoms with E-state index >= 15 is 0 Å². The molecule has 0 saturated carbocycles. The molecule has 3 aromatic rings. The first kappa shape index (κ1) is 18.6. The van der Waals surface area contributed by atoms with Gasteiger partial charge in [-0.05, 0) is 42.5 Å². The van der Waals surface area contributed by atoms with E-state index in [0.29, 0.717) is 18.1 Å². The smallest absolute Gasteiger partial charge is 0.254 e. The Balaban J connectivity index is 1.67. The second kappa shape index (κ2) is 8.45. The summed E-state index contributed by atoms with van der Waals surface area (Å²) in [5, 5.41) is 6.18. The molecule has 5 nitrogen and oxygen atoms in total. The molecule has 0 unspecified atom stereocenters. The van der Waals surface area contributed by atoms with Crippen molar-refractivity contribution in [3.8, 4) is 0 Å². The highest BCUT2D eigenvalue weighted by atomic mass is 16.1. The zero-order valence-electron chi connectivity index (χ0n) is 15.9. The van der Waals surface area contributed by atoms with Gasteiger partial charge < -0.3 is 10.6 Å². The van der Waals surface area contributed by atoms with Crippen molar-refractivity contribution in [1.29, 1.82) is 0 Å². The van der Waals surface area contributed by atoms with Gasteiger partial charge in [0, 0.05) is 24.6 Å². The summed E-state index contributed by atoms with van der Waals surface area (Å²) in [6.07, 6.45) is 4.02. The van der Waals surface area contributed by atoms with Crippen molar-refractivity contribution in [3.63, 3.8) is 0 Å². The van der Waals surface area contributed by atoms with Crippen LogP contribution in [-0.4, -0.2) is 15.9 Å². The molecule has 0 aliphatic heterocycles. The fraction of sp³-hybridized carbons (Fsp3) is 0.227. The third kappa shape index (κ3) is 4.50. The maximum absolute atomic E-state index is 12.3. The molecule has 0 saturated heterocycles. The van der Waals surface area contributed by atoms with Crippen LogP contribution in [0, 0.1) is 13.8 Å². The number of rotatable bonds is 6. The average Bonchev–Trinajstić information content (AvgIpc) is 2.69. The average molecular weight is 360 g/mol. The number of aromatic nitrogens is 2. The van der Waals surface area contributed by atoms with Gasteiger partial charge in [0.2, 0.25) is 5.95 Å². The van der Waals surface area contributed by atoms with Crippen molar-refractivity contribution in [1.82, 2.24) is 15.3 Å². The zero-order chi connectivity index (χ0) is 19.2. The molecule has 0 aliphatic carbocycles. The number of hydrogen-bond donors (Lipinski definition) is 2. The number of amides is 1. The first-order chi connectivity index (χ1) is 13.1. The van der Waals surface area contributed by atoms with E-state index in [0.717, 1.165) is 28.8 Å². The molecule has 0 atom stereocenters. The largest absolute Gasteiger partial charge is 0.348 e. The fourth-order valence-corrected chi connectivity index (χ4v) is 2.91. The predicted octanol–water partition coefficient (Wildman–Crippen LogP) is 4.33. The molecule has 2 N–H and O–H groups in total. The van der Waals surface area contributed by atoms with E-state index in [1.165, 1.54) is 5.56 Å². The highest BCUT2D eigenvalue weighted by Crippen LogP contribution is 2.23. The molecule has 0 fully saturated rings. The molecule has 1 amide bonds. The molecule has 5 heteroatoms. The van der Waals surface area contributed by atoms with Gasteiger partial charge in [-0.2, -0.15) is 0 Å². The Morgan fingerprint density at radius 2 is 1.59 bits per heavy atom. The van der Waals surface area contributed by atoms with Crippen molar-refractivity contribution < 1.29 is 4.79 Å². The van der Waals surface area contributed by atoms with Crippen LogP contribution in [0.15, 0.2) is 54.9 Å². The van der Waals surface area contributed by atoms with Gasteiger partial charge in [-0.3, -0.25) is 4.79 Å². The highest BCUT2D eigenvalue weighted by molar-refractivity contribution is 5.93. The molecule has 0 bridgehead atoms. The highest BCUT2D eigenvalue weighted by Gasteiger charge is 2.10. The van der Waals surface area contributed by atoms with Crippen LogP contribution in [0.1, 0.15) is 39.5 Å². The van der Waals surface area contributed by atoms with E-state index in [4.69, 9.17) is 0 Å². The monoisotopic (exact) mass is 360 g/mol. The van der Waals surface area contributed by atoms with Crippen LogP contribution in [0.5, 0.6) is 0 Å². The number of aryl methyl sites for hydroxylation is 3. The third-order valence-electron chi connectivity index (χ3n) is 4.59. The van der Waals surface area contributed by atoms with Crippen LogP contribution < -0.4 is 10.6 Å². The van der Waals surface area contributed by atoms with Crippen molar-refractivity contribution in [2.24, 2.45) is 0 Å². The maximum atomic E-state index is 12.3. The van der Waals surface area contributed by atoms with Gasteiger partial charge in [0.1, 0.15) is 0 Å². The Morgan fingerprint density at radius 1 is 0.926 bits per heavy atom. The van der Waals surface area contributed by atoms with E-state index in [2.05, 4.69) is 46.6 Å². The predicted molar refractivity (Wildman–Crippen MR) is 108 cm³/mol. The third-order valence-corrected chi connectivity index (χ3v) is 4.59. The van der Waals surface area contributed by atoms with Gasteiger partial charge in [0.25, 0.3) is 5.91 Å². The van der Waals surface area contributed by atoms with E-state index < -0.39 is 0 Å². The van der Waals surface area contributed by atoms with Gasteiger partial charge in [0.05, 0.1) is 5.56 Å². The number of para-hydroxylation sites is 1. The van der Waals surface area contributed by atoms with Crippen LogP contribution >= 0.6 is 0 Å². The number of carbonyl (C=O) groups is 1. The molecule has 1 aromatic heterocycles. The molecule has 27 heavy (non-hydrogen) atoms. The van der Waals surface area contributed by atoms with Crippen LogP contribution in [0.2, 0.25) is 0 Å². The van der Waals surface area contributed by atoms with Crippen molar-refractivity contribution in [2.75, 3.05) is 5.32 Å². The molecule has 0 aliphatic rings. The molecule has 0 radical (unpaired) electrons. The minimum Gasteiger partial charge on any atom is -0.348 e. The lowest BCUT2D eigenvalue weighted by molar-refractivity contribution is 0.0950. The number of nitrogens with zero attached hydrogens (tertiary/aromatic N) is 2. The van der Waals surface area contributed by atoms with Gasteiger partial charge in [-0.15, -0.1) is 0 Å². The van der Waals surface area contributed by atoms with Crippen LogP contribution in [0.4, 0.5) is 11.6 Å². The Hall–Kier alpha value is -3.21. The van der Waals surface area contributed by atoms with Crippen LogP contribution in [0.25, 0.3) is 0 Å². The summed E-state index contributed by atoms with van der Waals surface area (Å²) in [4.78, 5) is 20.9. The first-order valence-corrected chi connectivity index (χ1v) is 9.08. The minimum absolute atomic E-state index is 0.185. The second-order valence-corrected chi connectivity index (χ2v) is 6.49. The Bertz CT molecular complexity index is 935. The number of nitrogens with one attached hydrogen (secondary N) is 2. The summed E-state index contributed by atoms with van der Waals surface area (Å²) >= 11 is 0. The number of hydrogen-bond acceptors (Lipinski definition) is 4. The molecule has 2 aromatic carbocycles. The minimum atomic E-state index is -0.185. The molecule has 1 heterocycles. The summed E-state index contributed by atoms with van der Waals surface area (Å²) in [7, 11) is 0. The summed E-state index contributed by atoms with van der Waals surface area (Å²) < 4.78 is 0. The lowest BCUT2D eigenvalue weighted by Crippen LogP contribution is -2.23. The Kier molecular flexibility index (Phi) is 5.81. The van der Waals surface area contributed by atoms with Gasteiger partial charge in [0.15, 0.2) is 0 Å². The van der Waals surface area contributed by atoms with Gasteiger partial charge >= 0.3 is 0 Å². The quantitative estimate of drug-likeness (QED) is 0.687. The Labute approximate surface area is 159 Å². The molecular weight excluding hydrogens is 336 g/mol. The van der Waals surface area contributed by atoms with Gasteiger partial charge in [-0.25, -0.2) is 9.97 Å². The zero-order valence-corrected chi connectivity index (χ0v) is 15.9. The summed E-state index contributed by atoms with van der Waals surface area (Å²) in [6.45, 7) is 6.67. The normalized spacial score (nSPS) is 10.5. The van der Waals surface area contributed by atoms with E-state index in [1.807, 2.05) is 37.3 Å². The standard InChI is InChI=1S/C22H24N4O/c1-4-17-11-7-9-16(3)20(17)26-22-24-13-19(14-25-22)21(27)23-12-18-10-6-5-8-15(18)2/h5-11,13-14H,4,12H2,1-3H3,(H,23,27)(H,24,25,26). The number of carbonyl (C=O) groups excluding carboxylic acids is 1. The maximum Gasteiger partial charge on any atom is 0.254 e. The van der Waals surface area contributed by atoms with Crippen molar-refractivity contribution in [3.05, 3.63) is 82.7 Å².